The van der Waals surface area contributed by atoms with Crippen molar-refractivity contribution in [2.24, 2.45) is 0 Å². The fraction of sp³-hybridized carbons (Fsp3) is 0.278. The second kappa shape index (κ2) is 7.59. The first-order chi connectivity index (χ1) is 11.3. The number of hydrogen-bond donors (Lipinski definition) is 1. The van der Waals surface area contributed by atoms with Crippen LogP contribution in [0.2, 0.25) is 0 Å². The standard InChI is InChI=1S/C18H22N2O3S/c1-4-6-14-9-11-16(12-10-14)19-18(21)15-7-5-8-17(13-15)24(22,23)20(2)3/h5,7-13H,4,6H2,1-3H3,(H,19,21). The van der Waals surface area contributed by atoms with Crippen LogP contribution < -0.4 is 5.32 Å². The molecule has 0 radical (unpaired) electrons. The number of hydrogen-bond acceptors (Lipinski definition) is 3. The number of carbonyl (C=O) groups is 1. The van der Waals surface area contributed by atoms with Crippen LogP contribution in [0.15, 0.2) is 53.4 Å². The van der Waals surface area contributed by atoms with Gasteiger partial charge in [-0.05, 0) is 42.3 Å². The highest BCUT2D eigenvalue weighted by atomic mass is 32.2. The van der Waals surface area contributed by atoms with Gasteiger partial charge < -0.3 is 5.32 Å². The Hall–Kier alpha value is -2.18. The van der Waals surface area contributed by atoms with Crippen molar-refractivity contribution in [1.29, 1.82) is 0 Å². The minimum Gasteiger partial charge on any atom is -0.322 e. The number of carbonyl (C=O) groups excluding carboxylic acids is 1. The molecule has 5 nitrogen and oxygen atoms in total. The lowest BCUT2D eigenvalue weighted by atomic mass is 10.1. The molecule has 128 valence electrons. The Morgan fingerprint density at radius 3 is 2.33 bits per heavy atom. The third kappa shape index (κ3) is 4.21. The summed E-state index contributed by atoms with van der Waals surface area (Å²) in [7, 11) is -0.648. The van der Waals surface area contributed by atoms with Gasteiger partial charge in [-0.3, -0.25) is 4.79 Å². The third-order valence-electron chi connectivity index (χ3n) is 3.63. The van der Waals surface area contributed by atoms with Crippen molar-refractivity contribution in [3.63, 3.8) is 0 Å². The first kappa shape index (κ1) is 18.2. The summed E-state index contributed by atoms with van der Waals surface area (Å²) in [6.45, 7) is 2.12. The minimum absolute atomic E-state index is 0.0958. The number of amides is 1. The summed E-state index contributed by atoms with van der Waals surface area (Å²) in [6.07, 6.45) is 2.07. The summed E-state index contributed by atoms with van der Waals surface area (Å²) >= 11 is 0. The summed E-state index contributed by atoms with van der Waals surface area (Å²) in [5.41, 5.74) is 2.20. The quantitative estimate of drug-likeness (QED) is 0.874. The SMILES string of the molecule is CCCc1ccc(NC(=O)c2cccc(S(=O)(=O)N(C)C)c2)cc1. The molecule has 0 atom stereocenters. The lowest BCUT2D eigenvalue weighted by molar-refractivity contribution is 0.102. The van der Waals surface area contributed by atoms with Gasteiger partial charge in [0.15, 0.2) is 0 Å². The smallest absolute Gasteiger partial charge is 0.255 e. The van der Waals surface area contributed by atoms with Gasteiger partial charge in [-0.25, -0.2) is 12.7 Å². The third-order valence-corrected chi connectivity index (χ3v) is 5.44. The molecule has 0 heterocycles. The van der Waals surface area contributed by atoms with Crippen molar-refractivity contribution in [2.45, 2.75) is 24.7 Å². The van der Waals surface area contributed by atoms with E-state index < -0.39 is 10.0 Å². The second-order valence-corrected chi connectivity index (χ2v) is 7.87. The summed E-state index contributed by atoms with van der Waals surface area (Å²) in [6, 6.07) is 13.7. The number of anilines is 1. The lowest BCUT2D eigenvalue weighted by Gasteiger charge is -2.12. The van der Waals surface area contributed by atoms with Crippen molar-refractivity contribution in [3.8, 4) is 0 Å². The summed E-state index contributed by atoms with van der Waals surface area (Å²) < 4.78 is 25.4. The first-order valence-corrected chi connectivity index (χ1v) is 9.21. The van der Waals surface area contributed by atoms with Crippen LogP contribution in [0.1, 0.15) is 29.3 Å². The van der Waals surface area contributed by atoms with Crippen LogP contribution in [0.3, 0.4) is 0 Å². The fourth-order valence-corrected chi connectivity index (χ4v) is 3.20. The summed E-state index contributed by atoms with van der Waals surface area (Å²) in [4.78, 5) is 12.4. The molecule has 0 bridgehead atoms. The van der Waals surface area contributed by atoms with Crippen LogP contribution in [0.4, 0.5) is 5.69 Å². The van der Waals surface area contributed by atoms with Crippen molar-refractivity contribution >= 4 is 21.6 Å². The Morgan fingerprint density at radius 1 is 1.08 bits per heavy atom. The highest BCUT2D eigenvalue weighted by Crippen LogP contribution is 2.17. The van der Waals surface area contributed by atoms with Gasteiger partial charge in [-0.15, -0.1) is 0 Å². The molecule has 0 aliphatic rings. The molecule has 2 aromatic carbocycles. The highest BCUT2D eigenvalue weighted by Gasteiger charge is 2.18. The number of rotatable bonds is 6. The van der Waals surface area contributed by atoms with Crippen LogP contribution in [0.25, 0.3) is 0 Å². The molecule has 2 aromatic rings. The van der Waals surface area contributed by atoms with Crippen LogP contribution in [0.5, 0.6) is 0 Å². The summed E-state index contributed by atoms with van der Waals surface area (Å²) in [5.74, 6) is -0.339. The molecule has 0 unspecified atom stereocenters. The van der Waals surface area contributed by atoms with E-state index in [2.05, 4.69) is 12.2 Å². The zero-order chi connectivity index (χ0) is 17.7. The van der Waals surface area contributed by atoms with Crippen molar-refractivity contribution < 1.29 is 13.2 Å². The number of nitrogens with zero attached hydrogens (tertiary/aromatic N) is 1. The highest BCUT2D eigenvalue weighted by molar-refractivity contribution is 7.89. The lowest BCUT2D eigenvalue weighted by Crippen LogP contribution is -2.22. The number of nitrogens with one attached hydrogen (secondary N) is 1. The number of sulfonamides is 1. The van der Waals surface area contributed by atoms with E-state index in [1.807, 2.05) is 24.3 Å². The van der Waals surface area contributed by atoms with Gasteiger partial charge in [0, 0.05) is 25.3 Å². The number of benzene rings is 2. The maximum atomic E-state index is 12.4. The van der Waals surface area contributed by atoms with E-state index in [4.69, 9.17) is 0 Å². The Kier molecular flexibility index (Phi) is 5.75. The molecule has 0 saturated carbocycles. The van der Waals surface area contributed by atoms with Crippen molar-refractivity contribution in [2.75, 3.05) is 19.4 Å². The van der Waals surface area contributed by atoms with Crippen molar-refractivity contribution in [1.82, 2.24) is 4.31 Å². The van der Waals surface area contributed by atoms with Crippen LogP contribution >= 0.6 is 0 Å². The molecule has 0 saturated heterocycles. The molecular weight excluding hydrogens is 324 g/mol. The average molecular weight is 346 g/mol. The topological polar surface area (TPSA) is 66.5 Å². The van der Waals surface area contributed by atoms with Gasteiger partial charge in [0.1, 0.15) is 0 Å². The molecule has 0 aliphatic carbocycles. The Bertz CT molecular complexity index is 812. The maximum absolute atomic E-state index is 12.4. The molecule has 1 amide bonds. The van der Waals surface area contributed by atoms with E-state index in [1.54, 1.807) is 12.1 Å². The van der Waals surface area contributed by atoms with Gasteiger partial charge in [0.2, 0.25) is 10.0 Å². The molecule has 0 aliphatic heterocycles. The van der Waals surface area contributed by atoms with E-state index >= 15 is 0 Å². The predicted molar refractivity (Wildman–Crippen MR) is 95.7 cm³/mol. The fourth-order valence-electron chi connectivity index (χ4n) is 2.26. The normalized spacial score (nSPS) is 11.5. The molecule has 0 fully saturated rings. The van der Waals surface area contributed by atoms with E-state index in [1.165, 1.54) is 31.8 Å². The monoisotopic (exact) mass is 346 g/mol. The number of aryl methyl sites for hydroxylation is 1. The van der Waals surface area contributed by atoms with Crippen LogP contribution in [0, 0.1) is 0 Å². The van der Waals surface area contributed by atoms with Gasteiger partial charge in [-0.2, -0.15) is 0 Å². The molecular formula is C18H22N2O3S. The summed E-state index contributed by atoms with van der Waals surface area (Å²) in [5, 5.41) is 2.79. The average Bonchev–Trinajstić information content (AvgIpc) is 2.57. The molecule has 24 heavy (non-hydrogen) atoms. The van der Waals surface area contributed by atoms with Crippen LogP contribution in [-0.2, 0) is 16.4 Å². The van der Waals surface area contributed by atoms with Crippen molar-refractivity contribution in [3.05, 3.63) is 59.7 Å². The van der Waals surface area contributed by atoms with E-state index in [-0.39, 0.29) is 10.8 Å². The van der Waals surface area contributed by atoms with Gasteiger partial charge in [0.05, 0.1) is 4.90 Å². The molecule has 6 heteroatoms. The van der Waals surface area contributed by atoms with E-state index in [9.17, 15) is 13.2 Å². The second-order valence-electron chi connectivity index (χ2n) is 5.72. The molecule has 1 N–H and O–H groups in total. The molecule has 0 spiro atoms. The molecule has 0 aromatic heterocycles. The largest absolute Gasteiger partial charge is 0.322 e. The van der Waals surface area contributed by atoms with Gasteiger partial charge in [-0.1, -0.05) is 31.5 Å². The van der Waals surface area contributed by atoms with E-state index in [0.29, 0.717) is 11.3 Å². The van der Waals surface area contributed by atoms with Gasteiger partial charge in [0.25, 0.3) is 5.91 Å². The first-order valence-electron chi connectivity index (χ1n) is 7.77. The Morgan fingerprint density at radius 2 is 1.75 bits per heavy atom. The Labute approximate surface area is 143 Å². The Balaban J connectivity index is 2.18. The van der Waals surface area contributed by atoms with Crippen LogP contribution in [-0.4, -0.2) is 32.7 Å². The zero-order valence-corrected chi connectivity index (χ0v) is 14.9. The maximum Gasteiger partial charge on any atom is 0.255 e. The molecule has 2 rings (SSSR count). The van der Waals surface area contributed by atoms with E-state index in [0.717, 1.165) is 17.1 Å². The minimum atomic E-state index is -3.56. The zero-order valence-electron chi connectivity index (χ0n) is 14.1. The van der Waals surface area contributed by atoms with Gasteiger partial charge >= 0.3 is 0 Å². The predicted octanol–water partition coefficient (Wildman–Crippen LogP) is 3.14.